The summed E-state index contributed by atoms with van der Waals surface area (Å²) in [7, 11) is 0. The smallest absolute Gasteiger partial charge is 0.336 e. The van der Waals surface area contributed by atoms with Crippen molar-refractivity contribution in [3.8, 4) is 0 Å². The fourth-order valence-electron chi connectivity index (χ4n) is 4.10. The molecule has 0 spiro atoms. The van der Waals surface area contributed by atoms with Crippen molar-refractivity contribution >= 4 is 51.7 Å². The van der Waals surface area contributed by atoms with E-state index < -0.39 is 11.9 Å². The number of nitrogens with one attached hydrogen (secondary N) is 2. The number of aromatic carboxylic acids is 1. The summed E-state index contributed by atoms with van der Waals surface area (Å²) in [6, 6.07) is 23.2. The van der Waals surface area contributed by atoms with Crippen LogP contribution in [0.15, 0.2) is 83.8 Å². The minimum atomic E-state index is -1.09. The largest absolute Gasteiger partial charge is 0.478 e. The summed E-state index contributed by atoms with van der Waals surface area (Å²) in [4.78, 5) is 38.4. The van der Waals surface area contributed by atoms with Gasteiger partial charge in [0.25, 0.3) is 5.91 Å². The van der Waals surface area contributed by atoms with Gasteiger partial charge < -0.3 is 15.7 Å². The molecular weight excluding hydrogens is 472 g/mol. The number of amides is 2. The Morgan fingerprint density at radius 1 is 0.778 bits per heavy atom. The summed E-state index contributed by atoms with van der Waals surface area (Å²) in [5.41, 5.74) is 3.83. The maximum absolute atomic E-state index is 13.1. The number of thioether (sulfide) groups is 1. The quantitative estimate of drug-likeness (QED) is 0.252. The molecule has 4 aromatic rings. The van der Waals surface area contributed by atoms with Crippen LogP contribution in [-0.4, -0.2) is 28.1 Å². The van der Waals surface area contributed by atoms with Crippen LogP contribution < -0.4 is 10.6 Å². The van der Waals surface area contributed by atoms with E-state index in [1.807, 2.05) is 45.0 Å². The highest BCUT2D eigenvalue weighted by Crippen LogP contribution is 2.28. The third-order valence-corrected chi connectivity index (χ3v) is 6.74. The maximum atomic E-state index is 13.1. The number of carboxylic acids is 1. The molecule has 1 unspecified atom stereocenters. The molecular formula is C29H26N2O4S. The lowest BCUT2D eigenvalue weighted by atomic mass is 9.98. The number of hydrogen-bond acceptors (Lipinski definition) is 4. The molecule has 2 amide bonds. The zero-order chi connectivity index (χ0) is 25.8. The number of hydrogen-bond donors (Lipinski definition) is 3. The lowest BCUT2D eigenvalue weighted by Gasteiger charge is -2.14. The monoisotopic (exact) mass is 498 g/mol. The Morgan fingerprint density at radius 2 is 1.42 bits per heavy atom. The fraction of sp³-hybridized carbons (Fsp3) is 0.138. The minimum Gasteiger partial charge on any atom is -0.478 e. The summed E-state index contributed by atoms with van der Waals surface area (Å²) in [5.74, 6) is -1.61. The van der Waals surface area contributed by atoms with Crippen molar-refractivity contribution in [2.45, 2.75) is 30.9 Å². The predicted molar refractivity (Wildman–Crippen MR) is 145 cm³/mol. The van der Waals surface area contributed by atoms with Crippen LogP contribution >= 0.6 is 11.8 Å². The van der Waals surface area contributed by atoms with Crippen molar-refractivity contribution in [2.24, 2.45) is 0 Å². The van der Waals surface area contributed by atoms with E-state index in [2.05, 4.69) is 10.6 Å². The zero-order valence-electron chi connectivity index (χ0n) is 20.2. The van der Waals surface area contributed by atoms with Crippen LogP contribution in [0.4, 0.5) is 11.4 Å². The van der Waals surface area contributed by atoms with E-state index in [-0.39, 0.29) is 22.3 Å². The van der Waals surface area contributed by atoms with Gasteiger partial charge in [-0.3, -0.25) is 9.59 Å². The van der Waals surface area contributed by atoms with Gasteiger partial charge >= 0.3 is 5.97 Å². The van der Waals surface area contributed by atoms with E-state index in [1.165, 1.54) is 17.8 Å². The number of fused-ring (bicyclic) bond motifs is 1. The molecule has 0 aliphatic carbocycles. The molecule has 0 aliphatic rings. The van der Waals surface area contributed by atoms with Crippen molar-refractivity contribution in [1.82, 2.24) is 0 Å². The molecule has 0 heterocycles. The summed E-state index contributed by atoms with van der Waals surface area (Å²) in [6.45, 7) is 5.81. The fourth-order valence-corrected chi connectivity index (χ4v) is 5.03. The van der Waals surface area contributed by atoms with Crippen LogP contribution in [0, 0.1) is 13.8 Å². The third kappa shape index (κ3) is 5.75. The van der Waals surface area contributed by atoms with Gasteiger partial charge in [-0.2, -0.15) is 0 Å². The minimum absolute atomic E-state index is 0.0752. The van der Waals surface area contributed by atoms with Crippen molar-refractivity contribution in [3.63, 3.8) is 0 Å². The van der Waals surface area contributed by atoms with Gasteiger partial charge in [0.2, 0.25) is 5.91 Å². The molecule has 0 saturated carbocycles. The van der Waals surface area contributed by atoms with E-state index in [4.69, 9.17) is 0 Å². The average molecular weight is 499 g/mol. The number of carbonyl (C=O) groups is 3. The molecule has 7 heteroatoms. The molecule has 0 radical (unpaired) electrons. The Morgan fingerprint density at radius 3 is 2.08 bits per heavy atom. The Balaban J connectivity index is 1.49. The molecule has 182 valence electrons. The Bertz CT molecular complexity index is 1460. The number of benzene rings is 4. The number of anilines is 2. The average Bonchev–Trinajstić information content (AvgIpc) is 2.82. The standard InChI is InChI=1S/C29H26N2O4S/c1-17-13-18(2)15-22(14-17)31-27(32)19(3)36-23-10-6-9-21(16-23)30-28(33)24-11-4-7-20-8-5-12-25(26(20)24)29(34)35/h4-16,19H,1-3H3,(H,30,33)(H,31,32)(H,34,35). The summed E-state index contributed by atoms with van der Waals surface area (Å²) >= 11 is 1.38. The Kier molecular flexibility index (Phi) is 7.41. The van der Waals surface area contributed by atoms with Gasteiger partial charge in [-0.05, 0) is 79.7 Å². The van der Waals surface area contributed by atoms with Gasteiger partial charge in [-0.1, -0.05) is 36.4 Å². The van der Waals surface area contributed by atoms with E-state index in [1.54, 1.807) is 48.5 Å². The van der Waals surface area contributed by atoms with Crippen LogP contribution in [0.1, 0.15) is 38.8 Å². The van der Waals surface area contributed by atoms with Crippen molar-refractivity contribution in [2.75, 3.05) is 10.6 Å². The molecule has 0 bridgehead atoms. The van der Waals surface area contributed by atoms with Gasteiger partial charge in [-0.15, -0.1) is 11.8 Å². The first-order valence-electron chi connectivity index (χ1n) is 11.4. The van der Waals surface area contributed by atoms with Crippen LogP contribution in [0.3, 0.4) is 0 Å². The second-order valence-corrected chi connectivity index (χ2v) is 10.0. The number of carboxylic acid groups (broad SMARTS) is 1. The molecule has 3 N–H and O–H groups in total. The Labute approximate surface area is 213 Å². The molecule has 0 aliphatic heterocycles. The summed E-state index contributed by atoms with van der Waals surface area (Å²) in [6.07, 6.45) is 0. The topological polar surface area (TPSA) is 95.5 Å². The van der Waals surface area contributed by atoms with Gasteiger partial charge in [-0.25, -0.2) is 4.79 Å². The van der Waals surface area contributed by atoms with E-state index in [0.717, 1.165) is 21.7 Å². The summed E-state index contributed by atoms with van der Waals surface area (Å²) in [5, 5.41) is 16.1. The molecule has 4 aromatic carbocycles. The number of carbonyl (C=O) groups excluding carboxylic acids is 2. The van der Waals surface area contributed by atoms with Crippen LogP contribution in [0.25, 0.3) is 10.8 Å². The van der Waals surface area contributed by atoms with E-state index in [0.29, 0.717) is 16.5 Å². The molecule has 6 nitrogen and oxygen atoms in total. The molecule has 1 atom stereocenters. The van der Waals surface area contributed by atoms with E-state index >= 15 is 0 Å². The molecule has 4 rings (SSSR count). The highest BCUT2D eigenvalue weighted by Gasteiger charge is 2.18. The maximum Gasteiger partial charge on any atom is 0.336 e. The lowest BCUT2D eigenvalue weighted by Crippen LogP contribution is -2.22. The first-order valence-corrected chi connectivity index (χ1v) is 12.3. The SMILES string of the molecule is Cc1cc(C)cc(NC(=O)C(C)Sc2cccc(NC(=O)c3cccc4cccc(C(=O)O)c34)c2)c1. The van der Waals surface area contributed by atoms with Crippen molar-refractivity contribution in [1.29, 1.82) is 0 Å². The highest BCUT2D eigenvalue weighted by atomic mass is 32.2. The molecule has 0 aromatic heterocycles. The normalized spacial score (nSPS) is 11.6. The zero-order valence-corrected chi connectivity index (χ0v) is 21.0. The first-order chi connectivity index (χ1) is 17.2. The second-order valence-electron chi connectivity index (χ2n) is 8.62. The Hall–Kier alpha value is -4.10. The van der Waals surface area contributed by atoms with Crippen molar-refractivity contribution in [3.05, 3.63) is 101 Å². The van der Waals surface area contributed by atoms with E-state index in [9.17, 15) is 19.5 Å². The summed E-state index contributed by atoms with van der Waals surface area (Å²) < 4.78 is 0. The van der Waals surface area contributed by atoms with Gasteiger partial charge in [0.05, 0.1) is 10.8 Å². The predicted octanol–water partition coefficient (Wildman–Crippen LogP) is 6.53. The van der Waals surface area contributed by atoms with Gasteiger partial charge in [0.15, 0.2) is 0 Å². The molecule has 0 saturated heterocycles. The molecule has 36 heavy (non-hydrogen) atoms. The van der Waals surface area contributed by atoms with Crippen LogP contribution in [0.2, 0.25) is 0 Å². The lowest BCUT2D eigenvalue weighted by molar-refractivity contribution is -0.115. The third-order valence-electron chi connectivity index (χ3n) is 5.64. The van der Waals surface area contributed by atoms with Gasteiger partial charge in [0.1, 0.15) is 0 Å². The highest BCUT2D eigenvalue weighted by molar-refractivity contribution is 8.00. The second kappa shape index (κ2) is 10.7. The van der Waals surface area contributed by atoms with Gasteiger partial charge in [0, 0.05) is 27.2 Å². The van der Waals surface area contributed by atoms with Crippen LogP contribution in [-0.2, 0) is 4.79 Å². The van der Waals surface area contributed by atoms with Crippen LogP contribution in [0.5, 0.6) is 0 Å². The number of rotatable bonds is 7. The van der Waals surface area contributed by atoms with Crippen molar-refractivity contribution < 1.29 is 19.5 Å². The first kappa shape index (κ1) is 25.0. The number of aryl methyl sites for hydroxylation is 2. The molecule has 0 fully saturated rings.